The Balaban J connectivity index is 1.02. The fraction of sp³-hybridized carbons (Fsp3) is 0. The van der Waals surface area contributed by atoms with Gasteiger partial charge in [-0.15, -0.1) is 0 Å². The van der Waals surface area contributed by atoms with Gasteiger partial charge >= 0.3 is 0 Å². The van der Waals surface area contributed by atoms with Crippen LogP contribution < -0.4 is 4.90 Å². The lowest BCUT2D eigenvalue weighted by Crippen LogP contribution is -2.09. The number of nitrogens with zero attached hydrogens (tertiary/aromatic N) is 4. The minimum atomic E-state index is 0.648. The maximum Gasteiger partial charge on any atom is 0.228 e. The number of hydrogen-bond donors (Lipinski definition) is 0. The molecule has 11 aromatic rings. The summed E-state index contributed by atoms with van der Waals surface area (Å²) in [6, 6.07) is 64.0. The molecule has 5 heteroatoms. The van der Waals surface area contributed by atoms with Crippen molar-refractivity contribution in [3.63, 3.8) is 0 Å². The predicted octanol–water partition coefficient (Wildman–Crippen LogP) is 13.7. The molecule has 11 rings (SSSR count). The lowest BCUT2D eigenvalue weighted by Gasteiger charge is -2.26. The van der Waals surface area contributed by atoms with E-state index >= 15 is 0 Å². The highest BCUT2D eigenvalue weighted by Crippen LogP contribution is 2.42. The Morgan fingerprint density at radius 2 is 0.893 bits per heavy atom. The largest absolute Gasteiger partial charge is 0.438 e. The molecule has 0 aliphatic rings. The minimum absolute atomic E-state index is 0.648. The van der Waals surface area contributed by atoms with E-state index in [-0.39, 0.29) is 0 Å². The van der Waals surface area contributed by atoms with E-state index in [1.165, 1.54) is 0 Å². The molecule has 56 heavy (non-hydrogen) atoms. The molecule has 0 amide bonds. The fourth-order valence-corrected chi connectivity index (χ4v) is 8.00. The van der Waals surface area contributed by atoms with Crippen LogP contribution in [0.15, 0.2) is 199 Å². The average Bonchev–Trinajstić information content (AvgIpc) is 3.64. The van der Waals surface area contributed by atoms with E-state index in [0.29, 0.717) is 5.71 Å². The predicted molar refractivity (Wildman–Crippen MR) is 231 cm³/mol. The van der Waals surface area contributed by atoms with Crippen molar-refractivity contribution in [2.45, 2.75) is 0 Å². The van der Waals surface area contributed by atoms with Crippen molar-refractivity contribution in [3.05, 3.63) is 194 Å². The maximum atomic E-state index is 6.30. The van der Waals surface area contributed by atoms with Crippen molar-refractivity contribution in [3.8, 4) is 33.4 Å². The summed E-state index contributed by atoms with van der Waals surface area (Å²) in [5.41, 5.74) is 14.3. The Hall–Kier alpha value is -7.63. The van der Waals surface area contributed by atoms with Gasteiger partial charge in [-0.2, -0.15) is 0 Å². The number of benzene rings is 7. The van der Waals surface area contributed by atoms with Gasteiger partial charge in [0.15, 0.2) is 0 Å². The quantitative estimate of drug-likeness (QED) is 0.171. The van der Waals surface area contributed by atoms with Crippen LogP contribution in [0.5, 0.6) is 0 Å². The smallest absolute Gasteiger partial charge is 0.228 e. The number of furan rings is 1. The highest BCUT2D eigenvalue weighted by atomic mass is 16.3. The highest BCUT2D eigenvalue weighted by Gasteiger charge is 2.19. The number of rotatable bonds is 6. The fourth-order valence-electron chi connectivity index (χ4n) is 8.00. The molecule has 5 nitrogen and oxygen atoms in total. The van der Waals surface area contributed by atoms with Gasteiger partial charge in [0.25, 0.3) is 0 Å². The first kappa shape index (κ1) is 31.9. The molecule has 0 bridgehead atoms. The van der Waals surface area contributed by atoms with Gasteiger partial charge in [0.05, 0.1) is 21.9 Å². The van der Waals surface area contributed by atoms with E-state index in [2.05, 4.69) is 167 Å². The second kappa shape index (κ2) is 13.0. The third-order valence-corrected chi connectivity index (χ3v) is 10.8. The molecule has 262 valence electrons. The van der Waals surface area contributed by atoms with Crippen LogP contribution in [0.1, 0.15) is 0 Å². The van der Waals surface area contributed by atoms with E-state index in [1.54, 1.807) is 0 Å². The summed E-state index contributed by atoms with van der Waals surface area (Å²) < 4.78 is 6.30. The molecular weight excluding hydrogens is 685 g/mol. The lowest BCUT2D eigenvalue weighted by atomic mass is 9.96. The average molecular weight is 717 g/mol. The molecule has 0 saturated heterocycles. The van der Waals surface area contributed by atoms with Crippen LogP contribution in [-0.4, -0.2) is 15.0 Å². The highest BCUT2D eigenvalue weighted by molar-refractivity contribution is 6.18. The molecule has 0 spiro atoms. The molecule has 0 saturated carbocycles. The van der Waals surface area contributed by atoms with Gasteiger partial charge in [0.2, 0.25) is 5.71 Å². The lowest BCUT2D eigenvalue weighted by molar-refractivity contribution is 0.656. The standard InChI is InChI=1S/C51H32N4O/c1-3-11-45-43(9-1)49(50-44-10-2-4-12-48(44)56-51(50)54-45)37-21-27-42(28-22-37)55(40-23-17-33(18-24-40)38-15-13-35-7-5-29-52-46(35)31-38)41-25-19-34(20-26-41)39-16-14-36-8-6-30-53-47(36)32-39/h1-32H. The molecule has 4 aromatic heterocycles. The van der Waals surface area contributed by atoms with Crippen molar-refractivity contribution in [2.24, 2.45) is 0 Å². The van der Waals surface area contributed by atoms with Crippen molar-refractivity contribution in [1.29, 1.82) is 0 Å². The Morgan fingerprint density at radius 3 is 1.48 bits per heavy atom. The van der Waals surface area contributed by atoms with E-state index in [0.717, 1.165) is 99.5 Å². The zero-order chi connectivity index (χ0) is 37.0. The van der Waals surface area contributed by atoms with Crippen LogP contribution in [-0.2, 0) is 0 Å². The number of anilines is 3. The van der Waals surface area contributed by atoms with Crippen molar-refractivity contribution < 1.29 is 4.42 Å². The first-order valence-corrected chi connectivity index (χ1v) is 18.7. The van der Waals surface area contributed by atoms with Gasteiger partial charge in [-0.1, -0.05) is 109 Å². The molecule has 0 aliphatic carbocycles. The summed E-state index contributed by atoms with van der Waals surface area (Å²) in [4.78, 5) is 16.4. The van der Waals surface area contributed by atoms with Crippen LogP contribution in [0.3, 0.4) is 0 Å². The molecule has 0 fully saturated rings. The first-order valence-electron chi connectivity index (χ1n) is 18.7. The number of hydrogen-bond acceptors (Lipinski definition) is 5. The number of fused-ring (bicyclic) bond motifs is 6. The second-order valence-corrected chi connectivity index (χ2v) is 14.1. The zero-order valence-corrected chi connectivity index (χ0v) is 30.2. The maximum absolute atomic E-state index is 6.30. The third-order valence-electron chi connectivity index (χ3n) is 10.8. The topological polar surface area (TPSA) is 55.1 Å². The Morgan fingerprint density at radius 1 is 0.393 bits per heavy atom. The summed E-state index contributed by atoms with van der Waals surface area (Å²) in [6.07, 6.45) is 3.69. The Labute approximate surface area is 322 Å². The van der Waals surface area contributed by atoms with Gasteiger partial charge in [0.1, 0.15) is 5.58 Å². The summed E-state index contributed by atoms with van der Waals surface area (Å²) in [5.74, 6) is 0. The molecule has 0 unspecified atom stereocenters. The van der Waals surface area contributed by atoms with Crippen molar-refractivity contribution in [2.75, 3.05) is 4.90 Å². The van der Waals surface area contributed by atoms with Gasteiger partial charge in [-0.3, -0.25) is 9.97 Å². The SMILES string of the molecule is c1cnc2cc(-c3ccc(N(c4ccc(-c5ccc6cccnc6c5)cc4)c4ccc(-c5c6ccccc6nc6oc7ccccc7c56)cc4)cc3)ccc2c1. The second-order valence-electron chi connectivity index (χ2n) is 14.1. The normalized spacial score (nSPS) is 11.6. The number of pyridine rings is 3. The Kier molecular flexibility index (Phi) is 7.42. The first-order chi connectivity index (χ1) is 27.7. The molecular formula is C51H32N4O. The van der Waals surface area contributed by atoms with Crippen molar-refractivity contribution in [1.82, 2.24) is 15.0 Å². The minimum Gasteiger partial charge on any atom is -0.438 e. The monoisotopic (exact) mass is 716 g/mol. The number of aromatic nitrogens is 3. The third kappa shape index (κ3) is 5.45. The summed E-state index contributed by atoms with van der Waals surface area (Å²) in [5, 5.41) is 5.45. The van der Waals surface area contributed by atoms with E-state index < -0.39 is 0 Å². The Bertz CT molecular complexity index is 3120. The van der Waals surface area contributed by atoms with Gasteiger partial charge in [-0.25, -0.2) is 4.98 Å². The van der Waals surface area contributed by atoms with Crippen LogP contribution in [0.4, 0.5) is 17.1 Å². The molecule has 7 aromatic carbocycles. The molecule has 0 atom stereocenters. The molecule has 0 radical (unpaired) electrons. The van der Waals surface area contributed by atoms with Gasteiger partial charge in [-0.05, 0) is 101 Å². The van der Waals surface area contributed by atoms with E-state index in [1.807, 2.05) is 42.7 Å². The zero-order valence-electron chi connectivity index (χ0n) is 30.2. The van der Waals surface area contributed by atoms with Gasteiger partial charge in [0, 0.05) is 56.6 Å². The number of para-hydroxylation sites is 2. The van der Waals surface area contributed by atoms with Crippen LogP contribution in [0.25, 0.3) is 88.2 Å². The van der Waals surface area contributed by atoms with E-state index in [4.69, 9.17) is 9.40 Å². The summed E-state index contributed by atoms with van der Waals surface area (Å²) in [6.45, 7) is 0. The van der Waals surface area contributed by atoms with Crippen molar-refractivity contribution >= 4 is 71.8 Å². The summed E-state index contributed by atoms with van der Waals surface area (Å²) in [7, 11) is 0. The van der Waals surface area contributed by atoms with Crippen LogP contribution in [0, 0.1) is 0 Å². The van der Waals surface area contributed by atoms with Crippen LogP contribution in [0.2, 0.25) is 0 Å². The van der Waals surface area contributed by atoms with Gasteiger partial charge < -0.3 is 9.32 Å². The molecule has 4 heterocycles. The molecule has 0 aliphatic heterocycles. The van der Waals surface area contributed by atoms with Crippen LogP contribution >= 0.6 is 0 Å². The summed E-state index contributed by atoms with van der Waals surface area (Å²) >= 11 is 0. The van der Waals surface area contributed by atoms with E-state index in [9.17, 15) is 0 Å². The molecule has 0 N–H and O–H groups in total.